The summed E-state index contributed by atoms with van der Waals surface area (Å²) in [7, 11) is -0.351. The number of ether oxygens (including phenoxy) is 2. The second kappa shape index (κ2) is 10.6. The van der Waals surface area contributed by atoms with Gasteiger partial charge in [0.25, 0.3) is 0 Å². The van der Waals surface area contributed by atoms with Gasteiger partial charge in [-0.25, -0.2) is 0 Å². The van der Waals surface area contributed by atoms with Crippen LogP contribution < -0.4 is 10.2 Å². The predicted molar refractivity (Wildman–Crippen MR) is 144 cm³/mol. The highest BCUT2D eigenvalue weighted by Crippen LogP contribution is 2.37. The van der Waals surface area contributed by atoms with Crippen molar-refractivity contribution in [2.45, 2.75) is 104 Å². The standard InChI is InChI=1S/C30H41BO5/c1-8-9-10-25(23-12-15-27(21(3)18-23)33-19-24-13-16-28(32)34-24)22-11-14-26(20(2)17-22)31-35-29(4,5)30(6,7)36-31/h11-12,14-15,17-18,24-25H,8-10,13,16,19H2,1-7H3/t24-,25?/m1/s1. The molecule has 2 aromatic rings. The van der Waals surface area contributed by atoms with E-state index in [9.17, 15) is 4.79 Å². The van der Waals surface area contributed by atoms with Crippen molar-refractivity contribution < 1.29 is 23.6 Å². The largest absolute Gasteiger partial charge is 0.495 e. The Balaban J connectivity index is 1.53. The summed E-state index contributed by atoms with van der Waals surface area (Å²) >= 11 is 0. The maximum atomic E-state index is 11.4. The Morgan fingerprint density at radius 2 is 1.64 bits per heavy atom. The molecule has 0 spiro atoms. The third kappa shape index (κ3) is 5.65. The van der Waals surface area contributed by atoms with E-state index in [0.717, 1.165) is 42.5 Å². The van der Waals surface area contributed by atoms with Crippen LogP contribution in [-0.2, 0) is 18.8 Å². The van der Waals surface area contributed by atoms with Crippen LogP contribution in [0.3, 0.4) is 0 Å². The number of hydrogen-bond acceptors (Lipinski definition) is 5. The van der Waals surface area contributed by atoms with Gasteiger partial charge >= 0.3 is 13.1 Å². The SMILES string of the molecule is CCCCC(c1ccc(OC[C@H]2CCC(=O)O2)c(C)c1)c1ccc(B2OC(C)(C)C(C)(C)O2)c(C)c1. The normalized spacial score (nSPS) is 21.5. The first-order valence-corrected chi connectivity index (χ1v) is 13.4. The van der Waals surface area contributed by atoms with E-state index in [-0.39, 0.29) is 30.4 Å². The van der Waals surface area contributed by atoms with Crippen LogP contribution in [0.4, 0.5) is 0 Å². The summed E-state index contributed by atoms with van der Waals surface area (Å²) in [5.41, 5.74) is 5.29. The Bertz CT molecular complexity index is 1080. The van der Waals surface area contributed by atoms with Gasteiger partial charge < -0.3 is 18.8 Å². The lowest BCUT2D eigenvalue weighted by Crippen LogP contribution is -2.41. The van der Waals surface area contributed by atoms with Gasteiger partial charge in [-0.1, -0.05) is 55.7 Å². The number of aryl methyl sites for hydroxylation is 2. The maximum Gasteiger partial charge on any atom is 0.495 e. The summed E-state index contributed by atoms with van der Waals surface area (Å²) in [6.07, 6.45) is 4.48. The molecule has 2 aromatic carbocycles. The van der Waals surface area contributed by atoms with Crippen LogP contribution in [0.2, 0.25) is 0 Å². The highest BCUT2D eigenvalue weighted by Gasteiger charge is 2.52. The van der Waals surface area contributed by atoms with E-state index in [2.05, 4.69) is 84.9 Å². The smallest absolute Gasteiger partial charge is 0.489 e. The number of unbranched alkanes of at least 4 members (excludes halogenated alkanes) is 1. The molecule has 0 bridgehead atoms. The van der Waals surface area contributed by atoms with E-state index in [1.54, 1.807) is 0 Å². The zero-order valence-corrected chi connectivity index (χ0v) is 23.0. The predicted octanol–water partition coefficient (Wildman–Crippen LogP) is 6.01. The van der Waals surface area contributed by atoms with Gasteiger partial charge in [0.2, 0.25) is 0 Å². The summed E-state index contributed by atoms with van der Waals surface area (Å²) in [6.45, 7) is 15.2. The van der Waals surface area contributed by atoms with E-state index in [1.807, 2.05) is 0 Å². The monoisotopic (exact) mass is 492 g/mol. The molecule has 0 N–H and O–H groups in total. The lowest BCUT2D eigenvalue weighted by Gasteiger charge is -2.32. The van der Waals surface area contributed by atoms with E-state index < -0.39 is 0 Å². The Morgan fingerprint density at radius 3 is 2.19 bits per heavy atom. The molecule has 0 amide bonds. The minimum Gasteiger partial charge on any atom is -0.489 e. The van der Waals surface area contributed by atoms with Crippen LogP contribution in [0.15, 0.2) is 36.4 Å². The average molecular weight is 492 g/mol. The van der Waals surface area contributed by atoms with Gasteiger partial charge in [-0.3, -0.25) is 4.79 Å². The average Bonchev–Trinajstić information content (AvgIpc) is 3.32. The van der Waals surface area contributed by atoms with Gasteiger partial charge in [0.15, 0.2) is 0 Å². The minimum absolute atomic E-state index is 0.130. The number of rotatable bonds is 9. The van der Waals surface area contributed by atoms with E-state index >= 15 is 0 Å². The number of esters is 1. The van der Waals surface area contributed by atoms with Crippen molar-refractivity contribution in [1.29, 1.82) is 0 Å². The Kier molecular flexibility index (Phi) is 7.87. The second-order valence-corrected chi connectivity index (χ2v) is 11.4. The second-order valence-electron chi connectivity index (χ2n) is 11.4. The first-order valence-electron chi connectivity index (χ1n) is 13.4. The lowest BCUT2D eigenvalue weighted by molar-refractivity contribution is -0.142. The molecule has 2 saturated heterocycles. The number of hydrogen-bond donors (Lipinski definition) is 0. The molecule has 2 fully saturated rings. The molecule has 2 heterocycles. The zero-order valence-electron chi connectivity index (χ0n) is 23.0. The lowest BCUT2D eigenvalue weighted by atomic mass is 9.74. The molecule has 0 radical (unpaired) electrons. The third-order valence-corrected chi connectivity index (χ3v) is 8.04. The highest BCUT2D eigenvalue weighted by molar-refractivity contribution is 6.62. The van der Waals surface area contributed by atoms with Gasteiger partial charge in [-0.05, 0) is 82.6 Å². The summed E-state index contributed by atoms with van der Waals surface area (Å²) in [5, 5.41) is 0. The summed E-state index contributed by atoms with van der Waals surface area (Å²) in [5.74, 6) is 1.02. The molecular weight excluding hydrogens is 451 g/mol. The van der Waals surface area contributed by atoms with E-state index in [1.165, 1.54) is 16.7 Å². The highest BCUT2D eigenvalue weighted by atomic mass is 16.7. The fraction of sp³-hybridized carbons (Fsp3) is 0.567. The topological polar surface area (TPSA) is 54.0 Å². The molecule has 194 valence electrons. The van der Waals surface area contributed by atoms with Crippen LogP contribution in [0.5, 0.6) is 5.75 Å². The van der Waals surface area contributed by atoms with Crippen LogP contribution in [0, 0.1) is 13.8 Å². The van der Waals surface area contributed by atoms with E-state index in [0.29, 0.717) is 18.9 Å². The Morgan fingerprint density at radius 1 is 1.00 bits per heavy atom. The first kappa shape index (κ1) is 26.7. The molecule has 36 heavy (non-hydrogen) atoms. The van der Waals surface area contributed by atoms with Crippen molar-refractivity contribution in [3.8, 4) is 5.75 Å². The van der Waals surface area contributed by atoms with Gasteiger partial charge in [0.1, 0.15) is 18.5 Å². The minimum atomic E-state index is -0.354. The molecule has 2 aliphatic rings. The molecule has 0 aliphatic carbocycles. The van der Waals surface area contributed by atoms with Crippen molar-refractivity contribution in [3.05, 3.63) is 58.7 Å². The molecule has 2 aliphatic heterocycles. The Hall–Kier alpha value is -2.31. The van der Waals surface area contributed by atoms with Crippen molar-refractivity contribution >= 4 is 18.6 Å². The van der Waals surface area contributed by atoms with Gasteiger partial charge in [-0.2, -0.15) is 0 Å². The summed E-state index contributed by atoms with van der Waals surface area (Å²) in [6, 6.07) is 13.2. The van der Waals surface area contributed by atoms with Gasteiger partial charge in [0, 0.05) is 12.3 Å². The molecule has 0 aromatic heterocycles. The van der Waals surface area contributed by atoms with Crippen molar-refractivity contribution in [1.82, 2.24) is 0 Å². The molecular formula is C30H41BO5. The van der Waals surface area contributed by atoms with E-state index in [4.69, 9.17) is 18.8 Å². The molecule has 4 rings (SSSR count). The van der Waals surface area contributed by atoms with Crippen molar-refractivity contribution in [2.24, 2.45) is 0 Å². The van der Waals surface area contributed by atoms with Crippen molar-refractivity contribution in [3.63, 3.8) is 0 Å². The van der Waals surface area contributed by atoms with Crippen LogP contribution in [0.1, 0.15) is 94.9 Å². The molecule has 5 nitrogen and oxygen atoms in total. The van der Waals surface area contributed by atoms with Crippen LogP contribution >= 0.6 is 0 Å². The molecule has 0 saturated carbocycles. The Labute approximate surface area is 217 Å². The molecule has 2 atom stereocenters. The number of benzene rings is 2. The third-order valence-electron chi connectivity index (χ3n) is 8.04. The fourth-order valence-electron chi connectivity index (χ4n) is 5.02. The van der Waals surface area contributed by atoms with Crippen LogP contribution in [0.25, 0.3) is 0 Å². The quantitative estimate of drug-likeness (QED) is 0.317. The van der Waals surface area contributed by atoms with Gasteiger partial charge in [-0.15, -0.1) is 0 Å². The summed E-state index contributed by atoms with van der Waals surface area (Å²) < 4.78 is 23.9. The van der Waals surface area contributed by atoms with Crippen molar-refractivity contribution in [2.75, 3.05) is 6.61 Å². The maximum absolute atomic E-state index is 11.4. The molecule has 1 unspecified atom stereocenters. The fourth-order valence-corrected chi connectivity index (χ4v) is 5.02. The van der Waals surface area contributed by atoms with Crippen LogP contribution in [-0.4, -0.2) is 37.0 Å². The number of cyclic esters (lactones) is 1. The van der Waals surface area contributed by atoms with Gasteiger partial charge in [0.05, 0.1) is 11.2 Å². The zero-order chi connectivity index (χ0) is 26.1. The number of carbonyl (C=O) groups excluding carboxylic acids is 1. The molecule has 6 heteroatoms. The number of carbonyl (C=O) groups is 1. The summed E-state index contributed by atoms with van der Waals surface area (Å²) in [4.78, 5) is 11.4. The first-order chi connectivity index (χ1) is 17.0.